The van der Waals surface area contributed by atoms with Gasteiger partial charge in [-0.15, -0.1) is 6.61 Å². The molecule has 0 aliphatic heterocycles. The number of hydrogen-bond donors (Lipinski definition) is 5. The van der Waals surface area contributed by atoms with Crippen LogP contribution in [0.2, 0.25) is 0 Å². The van der Waals surface area contributed by atoms with Crippen LogP contribution in [-0.2, 0) is 9.59 Å². The first kappa shape index (κ1) is 29.3. The van der Waals surface area contributed by atoms with Gasteiger partial charge in [-0.1, -0.05) is 6.92 Å². The molecule has 0 spiro atoms. The molecule has 0 saturated heterocycles. The standard InChI is InChI=1S/C4H6O6.C2H5O.3H3N/c5-1(3(7)8)2(6)4(9)10;1-2-3;;;/h1-2,5-6H,(H,7,8)(H,9,10);2H2,1H3;3*1H3/q;-1;;;/p+1. The zero-order valence-electron chi connectivity index (χ0n) is 9.80. The summed E-state index contributed by atoms with van der Waals surface area (Å²) in [4.78, 5) is 19.3. The van der Waals surface area contributed by atoms with Crippen LogP contribution in [0.5, 0.6) is 0 Å². The van der Waals surface area contributed by atoms with E-state index in [2.05, 4.69) is 0 Å². The first-order valence-corrected chi connectivity index (χ1v) is 3.24. The summed E-state index contributed by atoms with van der Waals surface area (Å²) in [5.41, 5.74) is 0. The molecule has 0 aromatic carbocycles. The summed E-state index contributed by atoms with van der Waals surface area (Å²) in [5, 5.41) is 44.7. The third kappa shape index (κ3) is 15.2. The van der Waals surface area contributed by atoms with Gasteiger partial charge in [-0.2, -0.15) is 0 Å². The molecule has 0 heterocycles. The van der Waals surface area contributed by atoms with Crippen molar-refractivity contribution < 1.29 is 35.1 Å². The Kier molecular flexibility index (Phi) is 29.6. The van der Waals surface area contributed by atoms with Gasteiger partial charge in [0.05, 0.1) is 11.9 Å². The zero-order chi connectivity index (χ0) is 11.0. The van der Waals surface area contributed by atoms with Gasteiger partial charge in [0.15, 0.2) is 0 Å². The Balaban J connectivity index is -0.0000000606. The lowest BCUT2D eigenvalue weighted by Crippen LogP contribution is -2.51. The Morgan fingerprint density at radius 2 is 1.12 bits per heavy atom. The maximum Gasteiger partial charge on any atom is 0.124 e. The van der Waals surface area contributed by atoms with Crippen molar-refractivity contribution in [2.24, 2.45) is 0 Å². The molecular formula is C6H21N3O7. The number of carbonyl (C=O) groups is 2. The monoisotopic (exact) mass is 247 g/mol. The Bertz CT molecular complexity index is 160. The molecule has 2 unspecified atom stereocenters. The van der Waals surface area contributed by atoms with E-state index in [-0.39, 0.29) is 25.1 Å². The Morgan fingerprint density at radius 3 is 1.19 bits per heavy atom. The highest BCUT2D eigenvalue weighted by atomic mass is 16.4. The van der Waals surface area contributed by atoms with E-state index >= 15 is 0 Å². The van der Waals surface area contributed by atoms with E-state index in [1.54, 1.807) is 6.92 Å². The summed E-state index contributed by atoms with van der Waals surface area (Å²) in [5.74, 6) is -4.12. The molecule has 2 atom stereocenters. The van der Waals surface area contributed by atoms with Crippen molar-refractivity contribution in [3.05, 3.63) is 0 Å². The Hall–Kier alpha value is -1.30. The number of aliphatic carboxylic acids is 2. The topological polar surface area (TPSA) is 253 Å². The average Bonchev–Trinajstić information content (AvgIpc) is 2.03. The fourth-order valence-corrected chi connectivity index (χ4v) is 0.258. The second-order valence-corrected chi connectivity index (χ2v) is 1.82. The summed E-state index contributed by atoms with van der Waals surface area (Å²) in [6.45, 7) is 1.57. The highest BCUT2D eigenvalue weighted by Crippen LogP contribution is 1.88. The minimum atomic E-state index is -2.44. The SMILES string of the molecule is CC[O-].O=C([O-])C(O)C(O)C(=O)[O-].[NH4+].[NH4+].[NH4+]. The highest BCUT2D eigenvalue weighted by Gasteiger charge is 2.17. The van der Waals surface area contributed by atoms with Gasteiger partial charge in [-0.3, -0.25) is 0 Å². The van der Waals surface area contributed by atoms with Gasteiger partial charge in [0, 0.05) is 0 Å². The fraction of sp³-hybridized carbons (Fsp3) is 0.667. The van der Waals surface area contributed by atoms with Gasteiger partial charge < -0.3 is 53.6 Å². The lowest BCUT2D eigenvalue weighted by molar-refractivity contribution is -0.361. The van der Waals surface area contributed by atoms with Crippen LogP contribution in [0.15, 0.2) is 0 Å². The number of hydrogen-bond acceptors (Lipinski definition) is 7. The maximum atomic E-state index is 9.63. The van der Waals surface area contributed by atoms with Gasteiger partial charge in [-0.05, 0) is 0 Å². The summed E-state index contributed by atoms with van der Waals surface area (Å²) in [7, 11) is 0. The zero-order valence-corrected chi connectivity index (χ0v) is 9.80. The molecular weight excluding hydrogens is 226 g/mol. The Labute approximate surface area is 92.3 Å². The molecule has 10 nitrogen and oxygen atoms in total. The van der Waals surface area contributed by atoms with E-state index in [0.29, 0.717) is 0 Å². The number of aliphatic hydroxyl groups is 2. The minimum Gasteiger partial charge on any atom is -0.855 e. The van der Waals surface area contributed by atoms with E-state index in [4.69, 9.17) is 15.3 Å². The highest BCUT2D eigenvalue weighted by molar-refractivity contribution is 5.80. The normalized spacial score (nSPS) is 11.0. The quantitative estimate of drug-likeness (QED) is 0.327. The molecule has 0 aliphatic carbocycles. The molecule has 10 heteroatoms. The predicted molar refractivity (Wildman–Crippen MR) is 50.5 cm³/mol. The van der Waals surface area contributed by atoms with Crippen molar-refractivity contribution in [1.82, 2.24) is 18.5 Å². The van der Waals surface area contributed by atoms with Gasteiger partial charge >= 0.3 is 0 Å². The number of rotatable bonds is 3. The molecule has 0 aromatic heterocycles. The summed E-state index contributed by atoms with van der Waals surface area (Å²) >= 11 is 0. The van der Waals surface area contributed by atoms with Crippen LogP contribution in [0.4, 0.5) is 0 Å². The maximum absolute atomic E-state index is 9.63. The van der Waals surface area contributed by atoms with Gasteiger partial charge in [0.2, 0.25) is 0 Å². The molecule has 14 N–H and O–H groups in total. The largest absolute Gasteiger partial charge is 0.855 e. The number of carboxylic acids is 2. The lowest BCUT2D eigenvalue weighted by atomic mass is 10.2. The van der Waals surface area contributed by atoms with Gasteiger partial charge in [0.25, 0.3) is 0 Å². The summed E-state index contributed by atoms with van der Waals surface area (Å²) < 4.78 is 0. The van der Waals surface area contributed by atoms with Crippen LogP contribution in [0, 0.1) is 0 Å². The minimum absolute atomic E-state index is 0. The molecule has 16 heavy (non-hydrogen) atoms. The average molecular weight is 247 g/mol. The molecule has 0 rings (SSSR count). The van der Waals surface area contributed by atoms with Crippen LogP contribution >= 0.6 is 0 Å². The summed E-state index contributed by atoms with van der Waals surface area (Å²) in [6, 6.07) is 0. The number of quaternary nitrogens is 3. The van der Waals surface area contributed by atoms with Crippen molar-refractivity contribution >= 4 is 11.9 Å². The second-order valence-electron chi connectivity index (χ2n) is 1.82. The third-order valence-electron chi connectivity index (χ3n) is 0.782. The number of carbonyl (C=O) groups excluding carboxylic acids is 2. The number of carboxylic acid groups (broad SMARTS) is 2. The van der Waals surface area contributed by atoms with Crippen molar-refractivity contribution in [2.75, 3.05) is 6.61 Å². The van der Waals surface area contributed by atoms with E-state index < -0.39 is 24.1 Å². The van der Waals surface area contributed by atoms with Crippen molar-refractivity contribution in [3.63, 3.8) is 0 Å². The molecule has 0 amide bonds. The molecule has 0 bridgehead atoms. The smallest absolute Gasteiger partial charge is 0.124 e. The lowest BCUT2D eigenvalue weighted by Gasteiger charge is -2.18. The van der Waals surface area contributed by atoms with Crippen LogP contribution in [0.1, 0.15) is 6.92 Å². The van der Waals surface area contributed by atoms with Crippen LogP contribution in [-0.4, -0.2) is 41.0 Å². The van der Waals surface area contributed by atoms with Gasteiger partial charge in [0.1, 0.15) is 12.2 Å². The van der Waals surface area contributed by atoms with Crippen molar-refractivity contribution in [3.8, 4) is 0 Å². The van der Waals surface area contributed by atoms with Crippen LogP contribution in [0.3, 0.4) is 0 Å². The van der Waals surface area contributed by atoms with E-state index in [1.165, 1.54) is 0 Å². The fourth-order valence-electron chi connectivity index (χ4n) is 0.258. The van der Waals surface area contributed by atoms with Crippen LogP contribution in [0.25, 0.3) is 0 Å². The molecule has 0 fully saturated rings. The van der Waals surface area contributed by atoms with Crippen molar-refractivity contribution in [2.45, 2.75) is 19.1 Å². The second kappa shape index (κ2) is 16.1. The molecule has 0 radical (unpaired) electrons. The first-order valence-electron chi connectivity index (χ1n) is 3.24. The van der Waals surface area contributed by atoms with E-state index in [0.717, 1.165) is 0 Å². The summed E-state index contributed by atoms with van der Waals surface area (Å²) in [6.07, 6.45) is -4.88. The first-order chi connectivity index (χ1) is 5.88. The third-order valence-corrected chi connectivity index (χ3v) is 0.782. The predicted octanol–water partition coefficient (Wildman–Crippen LogP) is -4.30. The molecule has 0 aliphatic rings. The molecule has 0 aromatic rings. The Morgan fingerprint density at radius 1 is 1.00 bits per heavy atom. The van der Waals surface area contributed by atoms with E-state index in [1.807, 2.05) is 0 Å². The van der Waals surface area contributed by atoms with E-state index in [9.17, 15) is 19.8 Å². The number of aliphatic hydroxyl groups excluding tert-OH is 2. The van der Waals surface area contributed by atoms with Crippen LogP contribution < -0.4 is 33.8 Å². The molecule has 0 saturated carbocycles. The molecule has 102 valence electrons. The van der Waals surface area contributed by atoms with Gasteiger partial charge in [-0.25, -0.2) is 0 Å². The van der Waals surface area contributed by atoms with Crippen molar-refractivity contribution in [1.29, 1.82) is 0 Å².